The first-order chi connectivity index (χ1) is 6.35. The summed E-state index contributed by atoms with van der Waals surface area (Å²) in [4.78, 5) is 0. The van der Waals surface area contributed by atoms with Gasteiger partial charge in [-0.2, -0.15) is 0 Å². The molecule has 0 heteroatoms. The van der Waals surface area contributed by atoms with E-state index in [1.165, 1.54) is 5.57 Å². The van der Waals surface area contributed by atoms with Crippen LogP contribution in [0, 0.1) is 0 Å². The van der Waals surface area contributed by atoms with Gasteiger partial charge in [0, 0.05) is 0 Å². The van der Waals surface area contributed by atoms with E-state index in [1.807, 2.05) is 52.8 Å². The van der Waals surface area contributed by atoms with E-state index in [0.29, 0.717) is 0 Å². The zero-order valence-electron chi connectivity index (χ0n) is 10.2. The molecule has 0 radical (unpaired) electrons. The smallest absolute Gasteiger partial charge is 0.0308 e. The third-order valence-electron chi connectivity index (χ3n) is 1.17. The van der Waals surface area contributed by atoms with Crippen LogP contribution in [0.1, 0.15) is 48.0 Å². The number of rotatable bonds is 3. The topological polar surface area (TPSA) is 0 Å². The minimum absolute atomic E-state index is 1.06. The van der Waals surface area contributed by atoms with Gasteiger partial charge in [-0.25, -0.2) is 0 Å². The Balaban J connectivity index is -0.000000218. The molecule has 0 aliphatic carbocycles. The van der Waals surface area contributed by atoms with E-state index in [2.05, 4.69) is 19.6 Å². The third-order valence-corrected chi connectivity index (χ3v) is 1.17. The molecule has 0 amide bonds. The molecule has 0 aliphatic heterocycles. The van der Waals surface area contributed by atoms with Gasteiger partial charge in [0.25, 0.3) is 0 Å². The van der Waals surface area contributed by atoms with E-state index in [1.54, 1.807) is 0 Å². The maximum atomic E-state index is 3.68. The monoisotopic (exact) mass is 182 g/mol. The van der Waals surface area contributed by atoms with E-state index in [0.717, 1.165) is 6.42 Å². The summed E-state index contributed by atoms with van der Waals surface area (Å²) in [5.41, 5.74) is 1.29. The predicted octanol–water partition coefficient (Wildman–Crippen LogP) is 5.14. The Kier molecular flexibility index (Phi) is 31.3. The molecule has 13 heavy (non-hydrogen) atoms. The van der Waals surface area contributed by atoms with Crippen molar-refractivity contribution in [2.75, 3.05) is 0 Å². The summed E-state index contributed by atoms with van der Waals surface area (Å²) in [5.74, 6) is 0. The Morgan fingerprint density at radius 2 is 1.62 bits per heavy atom. The zero-order valence-corrected chi connectivity index (χ0v) is 10.2. The van der Waals surface area contributed by atoms with Crippen molar-refractivity contribution in [3.63, 3.8) is 0 Å². The first-order valence-corrected chi connectivity index (χ1v) is 5.29. The molecule has 0 aromatic heterocycles. The highest BCUT2D eigenvalue weighted by atomic mass is 13.9. The molecule has 0 aromatic carbocycles. The molecule has 0 bridgehead atoms. The lowest BCUT2D eigenvalue weighted by Gasteiger charge is -1.89. The second kappa shape index (κ2) is 22.5. The average Bonchev–Trinajstić information content (AvgIpc) is 2.25. The van der Waals surface area contributed by atoms with Gasteiger partial charge in [-0.05, 0) is 18.9 Å². The van der Waals surface area contributed by atoms with Crippen molar-refractivity contribution in [2.24, 2.45) is 0 Å². The van der Waals surface area contributed by atoms with Gasteiger partial charge in [0.15, 0.2) is 0 Å². The van der Waals surface area contributed by atoms with E-state index < -0.39 is 0 Å². The molecule has 0 unspecified atom stereocenters. The van der Waals surface area contributed by atoms with E-state index in [4.69, 9.17) is 0 Å². The van der Waals surface area contributed by atoms with Crippen LogP contribution in [0.5, 0.6) is 0 Å². The molecular formula is C13H26. The van der Waals surface area contributed by atoms with Gasteiger partial charge < -0.3 is 0 Å². The number of allylic oxidation sites excluding steroid dienone is 5. The molecule has 0 heterocycles. The summed E-state index contributed by atoms with van der Waals surface area (Å²) in [6.07, 6.45) is 9.07. The molecule has 0 fully saturated rings. The van der Waals surface area contributed by atoms with E-state index in [-0.39, 0.29) is 0 Å². The van der Waals surface area contributed by atoms with Gasteiger partial charge in [-0.3, -0.25) is 0 Å². The van der Waals surface area contributed by atoms with E-state index in [9.17, 15) is 0 Å². The highest BCUT2D eigenvalue weighted by molar-refractivity contribution is 5.21. The lowest BCUT2D eigenvalue weighted by molar-refractivity contribution is 1.15. The zero-order chi connectivity index (χ0) is 11.1. The molecule has 0 N–H and O–H groups in total. The van der Waals surface area contributed by atoms with Crippen LogP contribution in [-0.4, -0.2) is 0 Å². The van der Waals surface area contributed by atoms with Crippen LogP contribution in [0.2, 0.25) is 0 Å². The SMILES string of the molecule is C=C/C(=C\C=C/C)CC.CC.CC. The number of hydrogen-bond donors (Lipinski definition) is 0. The maximum absolute atomic E-state index is 3.68. The van der Waals surface area contributed by atoms with Crippen LogP contribution in [0.3, 0.4) is 0 Å². The Morgan fingerprint density at radius 1 is 1.15 bits per heavy atom. The van der Waals surface area contributed by atoms with Gasteiger partial charge in [0.2, 0.25) is 0 Å². The van der Waals surface area contributed by atoms with Crippen molar-refractivity contribution < 1.29 is 0 Å². The standard InChI is InChI=1S/C9H14.2C2H6/c1-4-7-8-9(5-2)6-3;2*1-2/h4-5,7-8H,2,6H2,1,3H3;2*1-2H3/b7-4-,9-8+;;. The van der Waals surface area contributed by atoms with Crippen LogP contribution in [0.25, 0.3) is 0 Å². The highest BCUT2D eigenvalue weighted by Gasteiger charge is 1.79. The second-order valence-corrected chi connectivity index (χ2v) is 1.83. The Morgan fingerprint density at radius 3 is 1.85 bits per heavy atom. The van der Waals surface area contributed by atoms with Gasteiger partial charge in [0.1, 0.15) is 0 Å². The summed E-state index contributed by atoms with van der Waals surface area (Å²) >= 11 is 0. The molecule has 0 saturated carbocycles. The average molecular weight is 182 g/mol. The molecule has 0 saturated heterocycles. The van der Waals surface area contributed by atoms with Crippen LogP contribution in [0.4, 0.5) is 0 Å². The van der Waals surface area contributed by atoms with Crippen LogP contribution < -0.4 is 0 Å². The van der Waals surface area contributed by atoms with Crippen molar-refractivity contribution in [1.29, 1.82) is 0 Å². The van der Waals surface area contributed by atoms with Gasteiger partial charge in [-0.15, -0.1) is 0 Å². The van der Waals surface area contributed by atoms with Crippen LogP contribution in [0.15, 0.2) is 36.5 Å². The molecular weight excluding hydrogens is 156 g/mol. The van der Waals surface area contributed by atoms with Gasteiger partial charge >= 0.3 is 0 Å². The van der Waals surface area contributed by atoms with Gasteiger partial charge in [0.05, 0.1) is 0 Å². The normalized spacial score (nSPS) is 9.54. The predicted molar refractivity (Wildman–Crippen MR) is 66.1 cm³/mol. The van der Waals surface area contributed by atoms with Crippen molar-refractivity contribution in [3.8, 4) is 0 Å². The third kappa shape index (κ3) is 18.3. The first kappa shape index (κ1) is 18.1. The van der Waals surface area contributed by atoms with Crippen LogP contribution in [-0.2, 0) is 0 Å². The van der Waals surface area contributed by atoms with Crippen molar-refractivity contribution in [2.45, 2.75) is 48.0 Å². The summed E-state index contributed by atoms with van der Waals surface area (Å²) in [6.45, 7) is 15.8. The fourth-order valence-corrected chi connectivity index (χ4v) is 0.550. The Labute approximate surface area is 85.1 Å². The molecule has 0 atom stereocenters. The first-order valence-electron chi connectivity index (χ1n) is 5.29. The minimum Gasteiger partial charge on any atom is -0.0988 e. The fraction of sp³-hybridized carbons (Fsp3) is 0.538. The molecule has 0 aromatic rings. The molecule has 0 aliphatic rings. The molecule has 0 rings (SSSR count). The highest BCUT2D eigenvalue weighted by Crippen LogP contribution is 2.00. The summed E-state index contributed by atoms with van der Waals surface area (Å²) in [7, 11) is 0. The summed E-state index contributed by atoms with van der Waals surface area (Å²) in [5, 5.41) is 0. The van der Waals surface area contributed by atoms with Crippen LogP contribution >= 0.6 is 0 Å². The largest absolute Gasteiger partial charge is 0.0988 e. The minimum atomic E-state index is 1.06. The molecule has 0 spiro atoms. The lowest BCUT2D eigenvalue weighted by Crippen LogP contribution is -1.69. The Hall–Kier alpha value is -0.780. The quantitative estimate of drug-likeness (QED) is 0.530. The second-order valence-electron chi connectivity index (χ2n) is 1.83. The molecule has 78 valence electrons. The molecule has 0 nitrogen and oxygen atoms in total. The fourth-order valence-electron chi connectivity index (χ4n) is 0.550. The maximum Gasteiger partial charge on any atom is -0.0308 e. The Bertz CT molecular complexity index is 127. The summed E-state index contributed by atoms with van der Waals surface area (Å²) < 4.78 is 0. The van der Waals surface area contributed by atoms with Crippen molar-refractivity contribution in [1.82, 2.24) is 0 Å². The van der Waals surface area contributed by atoms with Crippen molar-refractivity contribution in [3.05, 3.63) is 36.5 Å². The summed E-state index contributed by atoms with van der Waals surface area (Å²) in [6, 6.07) is 0. The lowest BCUT2D eigenvalue weighted by atomic mass is 10.2. The van der Waals surface area contributed by atoms with E-state index >= 15 is 0 Å². The number of hydrogen-bond acceptors (Lipinski definition) is 0. The van der Waals surface area contributed by atoms with Gasteiger partial charge in [-0.1, -0.05) is 65.5 Å². The van der Waals surface area contributed by atoms with Crippen molar-refractivity contribution >= 4 is 0 Å².